The van der Waals surface area contributed by atoms with Crippen LogP contribution in [0.25, 0.3) is 0 Å². The molecule has 1 aromatic carbocycles. The number of carbonyl (C=O) groups is 2. The Balaban J connectivity index is 1.68. The highest BCUT2D eigenvalue weighted by Gasteiger charge is 2.38. The number of carbonyl (C=O) groups excluding carboxylic acids is 2. The van der Waals surface area contributed by atoms with Crippen molar-refractivity contribution in [1.29, 1.82) is 0 Å². The minimum atomic E-state index is -0.432. The van der Waals surface area contributed by atoms with Gasteiger partial charge in [-0.25, -0.2) is 9.59 Å². The van der Waals surface area contributed by atoms with Gasteiger partial charge in [0.25, 0.3) is 0 Å². The van der Waals surface area contributed by atoms with Crippen molar-refractivity contribution in [2.75, 3.05) is 31.5 Å². The Morgan fingerprint density at radius 2 is 1.96 bits per heavy atom. The summed E-state index contributed by atoms with van der Waals surface area (Å²) in [6.45, 7) is 7.00. The van der Waals surface area contributed by atoms with Crippen LogP contribution in [0, 0.1) is 11.8 Å². The first kappa shape index (κ1) is 17.0. The minimum absolute atomic E-state index is 0.180. The van der Waals surface area contributed by atoms with E-state index in [4.69, 9.17) is 16.3 Å². The lowest BCUT2D eigenvalue weighted by atomic mass is 10.0. The Hall–Kier alpha value is -1.79. The summed E-state index contributed by atoms with van der Waals surface area (Å²) in [5, 5.41) is 6.56. The standard InChI is InChI=1S/C17H22ClN3O3/c1-10(2)24-16(22)11-3-4-14(18)15(5-11)20-17(23)21-8-12-6-19-7-13(12)9-21/h3-5,10,12-13,19H,6-9H2,1-2H3,(H,20,23). The van der Waals surface area contributed by atoms with Crippen molar-refractivity contribution >= 4 is 29.3 Å². The molecule has 7 heteroatoms. The zero-order chi connectivity index (χ0) is 17.3. The molecule has 1 aromatic rings. The van der Waals surface area contributed by atoms with E-state index in [9.17, 15) is 9.59 Å². The van der Waals surface area contributed by atoms with Gasteiger partial charge in [0.05, 0.1) is 22.4 Å². The summed E-state index contributed by atoms with van der Waals surface area (Å²) in [5.41, 5.74) is 0.793. The summed E-state index contributed by atoms with van der Waals surface area (Å²) in [5.74, 6) is 0.621. The van der Waals surface area contributed by atoms with Gasteiger partial charge in [0.1, 0.15) is 0 Å². The summed E-state index contributed by atoms with van der Waals surface area (Å²) >= 11 is 6.16. The number of ether oxygens (including phenoxy) is 1. The maximum Gasteiger partial charge on any atom is 0.338 e. The van der Waals surface area contributed by atoms with Gasteiger partial charge in [-0.3, -0.25) is 0 Å². The zero-order valence-corrected chi connectivity index (χ0v) is 14.6. The summed E-state index contributed by atoms with van der Waals surface area (Å²) in [7, 11) is 0. The summed E-state index contributed by atoms with van der Waals surface area (Å²) in [4.78, 5) is 26.3. The molecular weight excluding hydrogens is 330 g/mol. The molecule has 0 bridgehead atoms. The number of likely N-dealkylation sites (tertiary alicyclic amines) is 1. The van der Waals surface area contributed by atoms with Crippen LogP contribution in [0.3, 0.4) is 0 Å². The Bertz CT molecular complexity index is 638. The van der Waals surface area contributed by atoms with Crippen LogP contribution >= 0.6 is 11.6 Å². The number of halogens is 1. The van der Waals surface area contributed by atoms with Crippen LogP contribution in [0.4, 0.5) is 10.5 Å². The van der Waals surface area contributed by atoms with Crippen LogP contribution in [-0.4, -0.2) is 49.2 Å². The molecule has 130 valence electrons. The molecule has 0 aromatic heterocycles. The number of hydrogen-bond acceptors (Lipinski definition) is 4. The summed E-state index contributed by atoms with van der Waals surface area (Å²) in [6.07, 6.45) is -0.205. The van der Waals surface area contributed by atoms with Crippen molar-refractivity contribution in [3.63, 3.8) is 0 Å². The second kappa shape index (κ2) is 6.99. The largest absolute Gasteiger partial charge is 0.459 e. The topological polar surface area (TPSA) is 70.7 Å². The molecule has 2 atom stereocenters. The fourth-order valence-electron chi connectivity index (χ4n) is 3.25. The number of nitrogens with zero attached hydrogens (tertiary/aromatic N) is 1. The van der Waals surface area contributed by atoms with E-state index in [1.807, 2.05) is 4.90 Å². The highest BCUT2D eigenvalue weighted by Crippen LogP contribution is 2.28. The average Bonchev–Trinajstić information content (AvgIpc) is 3.10. The van der Waals surface area contributed by atoms with E-state index < -0.39 is 5.97 Å². The minimum Gasteiger partial charge on any atom is -0.459 e. The van der Waals surface area contributed by atoms with Gasteiger partial charge in [-0.2, -0.15) is 0 Å². The zero-order valence-electron chi connectivity index (χ0n) is 13.8. The van der Waals surface area contributed by atoms with Crippen molar-refractivity contribution in [3.05, 3.63) is 28.8 Å². The van der Waals surface area contributed by atoms with Gasteiger partial charge in [-0.1, -0.05) is 11.6 Å². The fourth-order valence-corrected chi connectivity index (χ4v) is 3.41. The lowest BCUT2D eigenvalue weighted by molar-refractivity contribution is 0.0378. The molecule has 2 heterocycles. The normalized spacial score (nSPS) is 22.6. The van der Waals surface area contributed by atoms with E-state index >= 15 is 0 Å². The third-order valence-corrected chi connectivity index (χ3v) is 4.79. The van der Waals surface area contributed by atoms with E-state index in [2.05, 4.69) is 10.6 Å². The predicted octanol–water partition coefficient (Wildman–Crippen LogP) is 2.59. The average molecular weight is 352 g/mol. The molecular formula is C17H22ClN3O3. The van der Waals surface area contributed by atoms with Crippen molar-refractivity contribution in [1.82, 2.24) is 10.2 Å². The number of amides is 2. The monoisotopic (exact) mass is 351 g/mol. The second-order valence-corrected chi connectivity index (χ2v) is 7.07. The number of hydrogen-bond donors (Lipinski definition) is 2. The van der Waals surface area contributed by atoms with Gasteiger partial charge in [-0.15, -0.1) is 0 Å². The van der Waals surface area contributed by atoms with Crippen LogP contribution in [0.1, 0.15) is 24.2 Å². The molecule has 2 aliphatic rings. The van der Waals surface area contributed by atoms with Crippen LogP contribution < -0.4 is 10.6 Å². The molecule has 3 rings (SSSR count). The van der Waals surface area contributed by atoms with Gasteiger partial charge < -0.3 is 20.3 Å². The van der Waals surface area contributed by atoms with Gasteiger partial charge in [0.15, 0.2) is 0 Å². The SMILES string of the molecule is CC(C)OC(=O)c1ccc(Cl)c(NC(=O)N2CC3CNCC3C2)c1. The number of anilines is 1. The molecule has 0 spiro atoms. The first-order valence-corrected chi connectivity index (χ1v) is 8.59. The molecule has 2 saturated heterocycles. The lowest BCUT2D eigenvalue weighted by Gasteiger charge is -2.19. The smallest absolute Gasteiger partial charge is 0.338 e. The van der Waals surface area contributed by atoms with Crippen LogP contribution in [0.5, 0.6) is 0 Å². The lowest BCUT2D eigenvalue weighted by Crippen LogP contribution is -2.35. The molecule has 0 radical (unpaired) electrons. The molecule has 24 heavy (non-hydrogen) atoms. The fraction of sp³-hybridized carbons (Fsp3) is 0.529. The van der Waals surface area contributed by atoms with E-state index in [0.717, 1.165) is 26.2 Å². The molecule has 0 saturated carbocycles. The van der Waals surface area contributed by atoms with E-state index in [-0.39, 0.29) is 12.1 Å². The van der Waals surface area contributed by atoms with Crippen molar-refractivity contribution < 1.29 is 14.3 Å². The van der Waals surface area contributed by atoms with Gasteiger partial charge in [0.2, 0.25) is 0 Å². The maximum absolute atomic E-state index is 12.5. The Morgan fingerprint density at radius 1 is 1.29 bits per heavy atom. The molecule has 2 fully saturated rings. The number of esters is 1. The third kappa shape index (κ3) is 3.65. The van der Waals surface area contributed by atoms with E-state index in [1.54, 1.807) is 32.0 Å². The predicted molar refractivity (Wildman–Crippen MR) is 92.4 cm³/mol. The number of rotatable bonds is 3. The van der Waals surface area contributed by atoms with Crippen molar-refractivity contribution in [3.8, 4) is 0 Å². The Labute approximate surface area is 146 Å². The second-order valence-electron chi connectivity index (χ2n) is 6.66. The highest BCUT2D eigenvalue weighted by molar-refractivity contribution is 6.33. The molecule has 6 nitrogen and oxygen atoms in total. The van der Waals surface area contributed by atoms with Gasteiger partial charge >= 0.3 is 12.0 Å². The molecule has 0 aliphatic carbocycles. The maximum atomic E-state index is 12.5. The van der Waals surface area contributed by atoms with Crippen LogP contribution in [-0.2, 0) is 4.74 Å². The number of benzene rings is 1. The highest BCUT2D eigenvalue weighted by atomic mass is 35.5. The molecule has 2 aliphatic heterocycles. The number of fused-ring (bicyclic) bond motifs is 1. The Morgan fingerprint density at radius 3 is 2.58 bits per heavy atom. The molecule has 2 unspecified atom stereocenters. The van der Waals surface area contributed by atoms with Crippen LogP contribution in [0.15, 0.2) is 18.2 Å². The van der Waals surface area contributed by atoms with Crippen molar-refractivity contribution in [2.24, 2.45) is 11.8 Å². The summed E-state index contributed by atoms with van der Waals surface area (Å²) < 4.78 is 5.17. The van der Waals surface area contributed by atoms with Gasteiger partial charge in [-0.05, 0) is 43.9 Å². The first-order chi connectivity index (χ1) is 11.4. The third-order valence-electron chi connectivity index (χ3n) is 4.46. The van der Waals surface area contributed by atoms with Gasteiger partial charge in [0, 0.05) is 26.2 Å². The van der Waals surface area contributed by atoms with E-state index in [1.165, 1.54) is 0 Å². The quantitative estimate of drug-likeness (QED) is 0.821. The molecule has 2 N–H and O–H groups in total. The van der Waals surface area contributed by atoms with Crippen molar-refractivity contribution in [2.45, 2.75) is 20.0 Å². The number of urea groups is 1. The summed E-state index contributed by atoms with van der Waals surface area (Å²) in [6, 6.07) is 4.56. The molecule has 2 amide bonds. The van der Waals surface area contributed by atoms with Crippen LogP contribution in [0.2, 0.25) is 5.02 Å². The first-order valence-electron chi connectivity index (χ1n) is 8.21. The Kier molecular flexibility index (Phi) is 4.96. The van der Waals surface area contributed by atoms with E-state index in [0.29, 0.717) is 28.1 Å². The number of nitrogens with one attached hydrogen (secondary N) is 2.